The van der Waals surface area contributed by atoms with Crippen LogP contribution in [0.1, 0.15) is 52.3 Å². The second kappa shape index (κ2) is 8.51. The van der Waals surface area contributed by atoms with Gasteiger partial charge < -0.3 is 4.74 Å². The molecule has 2 aliphatic rings. The van der Waals surface area contributed by atoms with E-state index >= 15 is 0 Å². The van der Waals surface area contributed by atoms with Crippen LogP contribution in [0.4, 0.5) is 0 Å². The zero-order valence-corrected chi connectivity index (χ0v) is 18.5. The molecule has 0 bridgehead atoms. The molecule has 2 heterocycles. The van der Waals surface area contributed by atoms with E-state index in [2.05, 4.69) is 36.1 Å². The summed E-state index contributed by atoms with van der Waals surface area (Å²) in [4.78, 5) is 12.9. The van der Waals surface area contributed by atoms with Crippen molar-refractivity contribution in [1.29, 1.82) is 0 Å². The Bertz CT molecular complexity index is 872. The molecule has 0 amide bonds. The highest BCUT2D eigenvalue weighted by Gasteiger charge is 2.35. The van der Waals surface area contributed by atoms with E-state index in [1.54, 1.807) is 0 Å². The Labute approximate surface area is 178 Å². The molecule has 2 aromatic rings. The van der Waals surface area contributed by atoms with Gasteiger partial charge >= 0.3 is 5.97 Å². The fourth-order valence-corrected chi connectivity index (χ4v) is 5.22. The van der Waals surface area contributed by atoms with Crippen molar-refractivity contribution in [2.75, 3.05) is 0 Å². The SMILES string of the molecule is CC(C)[C@@H]1CC[C@@H](C)C[C@@H]1OC(=O)C[n+]1cc(-c2ccc(Cl)cc2)n2c1CCC2. The maximum Gasteiger partial charge on any atom is 0.348 e. The Morgan fingerprint density at radius 1 is 1.28 bits per heavy atom. The third-order valence-corrected chi connectivity index (χ3v) is 6.93. The monoisotopic (exact) mass is 415 g/mol. The minimum absolute atomic E-state index is 0.0539. The highest BCUT2D eigenvalue weighted by molar-refractivity contribution is 6.30. The Morgan fingerprint density at radius 3 is 2.76 bits per heavy atom. The fraction of sp³-hybridized carbons (Fsp3) is 0.583. The van der Waals surface area contributed by atoms with Crippen LogP contribution in [0.15, 0.2) is 30.5 Å². The number of carbonyl (C=O) groups excluding carboxylic acids is 1. The number of fused-ring (bicyclic) bond motifs is 1. The van der Waals surface area contributed by atoms with Gasteiger partial charge in [-0.05, 0) is 61.3 Å². The number of halogens is 1. The molecule has 5 heteroatoms. The normalized spacial score (nSPS) is 24.0. The van der Waals surface area contributed by atoms with E-state index in [9.17, 15) is 4.79 Å². The van der Waals surface area contributed by atoms with Crippen LogP contribution >= 0.6 is 11.6 Å². The van der Waals surface area contributed by atoms with Crippen molar-refractivity contribution >= 4 is 17.6 Å². The standard InChI is InChI=1S/C24H32ClN2O2/c1-16(2)20-11-6-17(3)13-22(20)29-24(28)15-26-14-21(27-12-4-5-23(26)27)18-7-9-19(25)10-8-18/h7-10,14,16-17,20,22H,4-6,11-13,15H2,1-3H3/q+1/t17-,20+,22+/m1/s1. The minimum Gasteiger partial charge on any atom is -0.459 e. The van der Waals surface area contributed by atoms with Crippen molar-refractivity contribution in [3.05, 3.63) is 41.3 Å². The summed E-state index contributed by atoms with van der Waals surface area (Å²) >= 11 is 6.05. The number of nitrogens with zero attached hydrogens (tertiary/aromatic N) is 2. The molecule has 1 aromatic carbocycles. The molecule has 4 nitrogen and oxygen atoms in total. The molecular weight excluding hydrogens is 384 g/mol. The second-order valence-corrected chi connectivity index (χ2v) is 9.61. The molecule has 4 rings (SSSR count). The first-order valence-electron chi connectivity index (χ1n) is 11.0. The lowest BCUT2D eigenvalue weighted by molar-refractivity contribution is -0.692. The smallest absolute Gasteiger partial charge is 0.348 e. The molecule has 0 N–H and O–H groups in total. The molecule has 29 heavy (non-hydrogen) atoms. The average Bonchev–Trinajstić information content (AvgIpc) is 3.26. The van der Waals surface area contributed by atoms with E-state index in [4.69, 9.17) is 16.3 Å². The molecule has 0 radical (unpaired) electrons. The first-order chi connectivity index (χ1) is 13.9. The van der Waals surface area contributed by atoms with Crippen LogP contribution in [0.3, 0.4) is 0 Å². The van der Waals surface area contributed by atoms with Crippen molar-refractivity contribution < 1.29 is 14.1 Å². The van der Waals surface area contributed by atoms with Gasteiger partial charge in [0.1, 0.15) is 12.3 Å². The van der Waals surface area contributed by atoms with Gasteiger partial charge in [-0.3, -0.25) is 0 Å². The fourth-order valence-electron chi connectivity index (χ4n) is 5.09. The summed E-state index contributed by atoms with van der Waals surface area (Å²) in [6.45, 7) is 8.04. The van der Waals surface area contributed by atoms with Gasteiger partial charge in [-0.15, -0.1) is 0 Å². The van der Waals surface area contributed by atoms with Crippen molar-refractivity contribution in [2.45, 2.75) is 72.1 Å². The third-order valence-electron chi connectivity index (χ3n) is 6.68. The molecule has 0 saturated heterocycles. The number of benzene rings is 1. The molecule has 3 atom stereocenters. The number of hydrogen-bond acceptors (Lipinski definition) is 2. The summed E-state index contributed by atoms with van der Waals surface area (Å²) in [7, 11) is 0. The Balaban J connectivity index is 1.51. The first-order valence-corrected chi connectivity index (χ1v) is 11.4. The Morgan fingerprint density at radius 2 is 2.03 bits per heavy atom. The van der Waals surface area contributed by atoms with E-state index in [1.807, 2.05) is 24.3 Å². The lowest BCUT2D eigenvalue weighted by Gasteiger charge is -2.36. The number of esters is 1. The molecule has 1 aromatic heterocycles. The number of rotatable bonds is 5. The summed E-state index contributed by atoms with van der Waals surface area (Å²) < 4.78 is 10.5. The van der Waals surface area contributed by atoms with Crippen molar-refractivity contribution in [3.8, 4) is 11.3 Å². The van der Waals surface area contributed by atoms with Crippen molar-refractivity contribution in [2.24, 2.45) is 17.8 Å². The number of carbonyl (C=O) groups is 1. The Hall–Kier alpha value is -1.81. The van der Waals surface area contributed by atoms with E-state index in [0.717, 1.165) is 48.5 Å². The molecule has 1 aliphatic carbocycles. The predicted molar refractivity (Wildman–Crippen MR) is 115 cm³/mol. The molecule has 1 saturated carbocycles. The highest BCUT2D eigenvalue weighted by atomic mass is 35.5. The lowest BCUT2D eigenvalue weighted by Crippen LogP contribution is -2.43. The maximum absolute atomic E-state index is 12.9. The largest absolute Gasteiger partial charge is 0.459 e. The second-order valence-electron chi connectivity index (χ2n) is 9.17. The van der Waals surface area contributed by atoms with Gasteiger partial charge in [-0.2, -0.15) is 0 Å². The van der Waals surface area contributed by atoms with Gasteiger partial charge in [0.25, 0.3) is 5.82 Å². The van der Waals surface area contributed by atoms with Crippen LogP contribution in [0.5, 0.6) is 0 Å². The molecule has 156 valence electrons. The Kier molecular flexibility index (Phi) is 6.00. The summed E-state index contributed by atoms with van der Waals surface area (Å²) in [6.07, 6.45) is 7.65. The van der Waals surface area contributed by atoms with Crippen LogP contribution in [0.2, 0.25) is 5.02 Å². The molecular formula is C24H32ClN2O2+. The van der Waals surface area contributed by atoms with E-state index < -0.39 is 0 Å². The van der Waals surface area contributed by atoms with E-state index in [-0.39, 0.29) is 12.1 Å². The van der Waals surface area contributed by atoms with Crippen molar-refractivity contribution in [1.82, 2.24) is 4.57 Å². The van der Waals surface area contributed by atoms with Gasteiger partial charge in [0.2, 0.25) is 0 Å². The van der Waals surface area contributed by atoms with Crippen molar-refractivity contribution in [3.63, 3.8) is 0 Å². The summed E-state index contributed by atoms with van der Waals surface area (Å²) in [6, 6.07) is 7.92. The highest BCUT2D eigenvalue weighted by Crippen LogP contribution is 2.35. The quantitative estimate of drug-likeness (QED) is 0.506. The van der Waals surface area contributed by atoms with Crippen LogP contribution in [0.25, 0.3) is 11.3 Å². The first kappa shape index (κ1) is 20.5. The van der Waals surface area contributed by atoms with Gasteiger partial charge in [-0.25, -0.2) is 13.9 Å². The summed E-state index contributed by atoms with van der Waals surface area (Å²) in [5, 5.41) is 0.736. The van der Waals surface area contributed by atoms with Gasteiger partial charge in [0.05, 0.1) is 13.0 Å². The number of imidazole rings is 1. The van der Waals surface area contributed by atoms with E-state index in [0.29, 0.717) is 24.3 Å². The van der Waals surface area contributed by atoms with Gasteiger partial charge in [0.15, 0.2) is 12.2 Å². The van der Waals surface area contributed by atoms with Crippen LogP contribution in [-0.4, -0.2) is 16.6 Å². The minimum atomic E-state index is -0.109. The average molecular weight is 416 g/mol. The van der Waals surface area contributed by atoms with Gasteiger partial charge in [0, 0.05) is 10.6 Å². The zero-order chi connectivity index (χ0) is 20.5. The third kappa shape index (κ3) is 4.37. The predicted octanol–water partition coefficient (Wildman–Crippen LogP) is 5.05. The van der Waals surface area contributed by atoms with Gasteiger partial charge in [-0.1, -0.05) is 38.8 Å². The molecule has 0 unspecified atom stereocenters. The topological polar surface area (TPSA) is 35.1 Å². The lowest BCUT2D eigenvalue weighted by atomic mass is 9.75. The number of aromatic nitrogens is 2. The number of ether oxygens (including phenoxy) is 1. The zero-order valence-electron chi connectivity index (χ0n) is 17.7. The molecule has 1 fully saturated rings. The summed E-state index contributed by atoms with van der Waals surface area (Å²) in [5.74, 6) is 2.76. The number of hydrogen-bond donors (Lipinski definition) is 0. The van der Waals surface area contributed by atoms with Crippen LogP contribution in [-0.2, 0) is 29.0 Å². The molecule has 0 spiro atoms. The van der Waals surface area contributed by atoms with Crippen LogP contribution in [0, 0.1) is 17.8 Å². The van der Waals surface area contributed by atoms with Crippen LogP contribution < -0.4 is 4.57 Å². The maximum atomic E-state index is 12.9. The van der Waals surface area contributed by atoms with E-state index in [1.165, 1.54) is 12.2 Å². The summed E-state index contributed by atoms with van der Waals surface area (Å²) in [5.41, 5.74) is 2.28. The molecule has 1 aliphatic heterocycles.